The number of carbonyl (C=O) groups excluding carboxylic acids is 1. The largest absolute Gasteiger partial charge is 0.393 e. The van der Waals surface area contributed by atoms with E-state index in [1.807, 2.05) is 22.4 Å². The average molecular weight is 254 g/mol. The van der Waals surface area contributed by atoms with E-state index in [4.69, 9.17) is 18.0 Å². The number of thiophene rings is 1. The molecule has 1 aromatic rings. The predicted octanol–water partition coefficient (Wildman–Crippen LogP) is 1.89. The van der Waals surface area contributed by atoms with Crippen molar-refractivity contribution in [1.82, 2.24) is 4.90 Å². The van der Waals surface area contributed by atoms with E-state index in [-0.39, 0.29) is 5.91 Å². The fraction of sp³-hybridized carbons (Fsp3) is 0.455. The molecule has 1 fully saturated rings. The van der Waals surface area contributed by atoms with Crippen LogP contribution in [0.25, 0.3) is 0 Å². The molecule has 1 saturated heterocycles. The van der Waals surface area contributed by atoms with Gasteiger partial charge in [0.05, 0.1) is 9.87 Å². The van der Waals surface area contributed by atoms with Crippen LogP contribution in [0.15, 0.2) is 17.5 Å². The Hall–Kier alpha value is -0.940. The van der Waals surface area contributed by atoms with Gasteiger partial charge in [0, 0.05) is 19.0 Å². The lowest BCUT2D eigenvalue weighted by Gasteiger charge is -2.31. The fourth-order valence-corrected chi connectivity index (χ4v) is 2.85. The molecule has 86 valence electrons. The molecule has 0 bridgehead atoms. The Labute approximate surface area is 104 Å². The number of hydrogen-bond acceptors (Lipinski definition) is 3. The highest BCUT2D eigenvalue weighted by Crippen LogP contribution is 2.20. The Morgan fingerprint density at radius 1 is 1.50 bits per heavy atom. The predicted molar refractivity (Wildman–Crippen MR) is 69.7 cm³/mol. The third-order valence-corrected chi connectivity index (χ3v) is 4.11. The molecule has 2 rings (SSSR count). The van der Waals surface area contributed by atoms with Crippen LogP contribution >= 0.6 is 23.6 Å². The van der Waals surface area contributed by atoms with Gasteiger partial charge in [-0.1, -0.05) is 18.3 Å². The van der Waals surface area contributed by atoms with Crippen molar-refractivity contribution in [3.8, 4) is 0 Å². The molecule has 2 heterocycles. The number of rotatable bonds is 2. The first-order valence-electron chi connectivity index (χ1n) is 5.30. The van der Waals surface area contributed by atoms with Crippen LogP contribution in [-0.2, 0) is 0 Å². The third-order valence-electron chi connectivity index (χ3n) is 2.92. The molecule has 0 radical (unpaired) electrons. The molecule has 1 aliphatic heterocycles. The van der Waals surface area contributed by atoms with Crippen molar-refractivity contribution in [1.29, 1.82) is 0 Å². The topological polar surface area (TPSA) is 46.3 Å². The highest BCUT2D eigenvalue weighted by Gasteiger charge is 2.25. The molecule has 2 N–H and O–H groups in total. The molecule has 0 unspecified atom stereocenters. The number of carbonyl (C=O) groups is 1. The summed E-state index contributed by atoms with van der Waals surface area (Å²) in [5.41, 5.74) is 5.61. The monoisotopic (exact) mass is 254 g/mol. The van der Waals surface area contributed by atoms with Crippen molar-refractivity contribution in [2.45, 2.75) is 12.8 Å². The van der Waals surface area contributed by atoms with Gasteiger partial charge in [0.25, 0.3) is 5.91 Å². The minimum absolute atomic E-state index is 0.136. The van der Waals surface area contributed by atoms with E-state index in [0.29, 0.717) is 10.9 Å². The van der Waals surface area contributed by atoms with Crippen LogP contribution in [0.5, 0.6) is 0 Å². The van der Waals surface area contributed by atoms with E-state index in [1.165, 1.54) is 11.3 Å². The molecule has 0 spiro atoms. The number of hydrogen-bond donors (Lipinski definition) is 1. The molecule has 0 atom stereocenters. The first-order chi connectivity index (χ1) is 7.68. The lowest BCUT2D eigenvalue weighted by atomic mass is 9.97. The number of likely N-dealkylation sites (tertiary alicyclic amines) is 1. The summed E-state index contributed by atoms with van der Waals surface area (Å²) in [5, 5.41) is 1.93. The molecule has 16 heavy (non-hydrogen) atoms. The van der Waals surface area contributed by atoms with Crippen LogP contribution < -0.4 is 5.73 Å². The number of piperidine rings is 1. The average Bonchev–Trinajstić information content (AvgIpc) is 2.81. The molecule has 5 heteroatoms. The van der Waals surface area contributed by atoms with E-state index in [9.17, 15) is 4.79 Å². The first-order valence-corrected chi connectivity index (χ1v) is 6.59. The van der Waals surface area contributed by atoms with Crippen LogP contribution in [0.3, 0.4) is 0 Å². The van der Waals surface area contributed by atoms with Crippen LogP contribution in [0.4, 0.5) is 0 Å². The SMILES string of the molecule is NC(=S)C1CCN(C(=O)c2cccs2)CC1. The van der Waals surface area contributed by atoms with Crippen molar-refractivity contribution in [2.75, 3.05) is 13.1 Å². The van der Waals surface area contributed by atoms with Crippen molar-refractivity contribution in [2.24, 2.45) is 11.7 Å². The maximum Gasteiger partial charge on any atom is 0.263 e. The molecule has 0 saturated carbocycles. The summed E-state index contributed by atoms with van der Waals surface area (Å²) in [6.07, 6.45) is 1.79. The Morgan fingerprint density at radius 3 is 2.69 bits per heavy atom. The summed E-state index contributed by atoms with van der Waals surface area (Å²) in [6.45, 7) is 1.53. The Bertz CT molecular complexity index is 381. The van der Waals surface area contributed by atoms with Gasteiger partial charge in [0.1, 0.15) is 0 Å². The maximum absolute atomic E-state index is 12.0. The number of nitrogens with zero attached hydrogens (tertiary/aromatic N) is 1. The van der Waals surface area contributed by atoms with Crippen molar-refractivity contribution in [3.63, 3.8) is 0 Å². The maximum atomic E-state index is 12.0. The highest BCUT2D eigenvalue weighted by molar-refractivity contribution is 7.80. The quantitative estimate of drug-likeness (QED) is 0.820. The number of thiocarbonyl (C=S) groups is 1. The zero-order valence-corrected chi connectivity index (χ0v) is 10.5. The number of amides is 1. The third kappa shape index (κ3) is 2.41. The van der Waals surface area contributed by atoms with E-state index < -0.39 is 0 Å². The van der Waals surface area contributed by atoms with E-state index >= 15 is 0 Å². The highest BCUT2D eigenvalue weighted by atomic mass is 32.1. The Kier molecular flexibility index (Phi) is 3.56. The zero-order valence-electron chi connectivity index (χ0n) is 8.89. The van der Waals surface area contributed by atoms with Crippen molar-refractivity contribution >= 4 is 34.5 Å². The van der Waals surface area contributed by atoms with E-state index in [2.05, 4.69) is 0 Å². The summed E-state index contributed by atoms with van der Waals surface area (Å²) in [5.74, 6) is 0.443. The van der Waals surface area contributed by atoms with Gasteiger partial charge in [-0.25, -0.2) is 0 Å². The van der Waals surface area contributed by atoms with Crippen LogP contribution in [0.1, 0.15) is 22.5 Å². The van der Waals surface area contributed by atoms with Crippen LogP contribution in [-0.4, -0.2) is 28.9 Å². The van der Waals surface area contributed by atoms with Gasteiger partial charge in [-0.3, -0.25) is 4.79 Å². The van der Waals surface area contributed by atoms with E-state index in [1.54, 1.807) is 0 Å². The van der Waals surface area contributed by atoms with Crippen molar-refractivity contribution in [3.05, 3.63) is 22.4 Å². The standard InChI is InChI=1S/C11H14N2OS2/c12-10(15)8-3-5-13(6-4-8)11(14)9-2-1-7-16-9/h1-2,7-8H,3-6H2,(H2,12,15). The second kappa shape index (κ2) is 4.93. The molecular weight excluding hydrogens is 240 g/mol. The minimum atomic E-state index is 0.136. The van der Waals surface area contributed by atoms with Crippen LogP contribution in [0, 0.1) is 5.92 Å². The van der Waals surface area contributed by atoms with Gasteiger partial charge < -0.3 is 10.6 Å². The van der Waals surface area contributed by atoms with Gasteiger partial charge in [-0.05, 0) is 24.3 Å². The second-order valence-electron chi connectivity index (χ2n) is 3.95. The summed E-state index contributed by atoms with van der Waals surface area (Å²) < 4.78 is 0. The molecule has 1 amide bonds. The van der Waals surface area contributed by atoms with Crippen molar-refractivity contribution < 1.29 is 4.79 Å². The zero-order chi connectivity index (χ0) is 11.5. The van der Waals surface area contributed by atoms with Gasteiger partial charge in [-0.2, -0.15) is 0 Å². The van der Waals surface area contributed by atoms with Gasteiger partial charge in [0.15, 0.2) is 0 Å². The molecule has 1 aromatic heterocycles. The lowest BCUT2D eigenvalue weighted by Crippen LogP contribution is -2.41. The summed E-state index contributed by atoms with van der Waals surface area (Å²) in [7, 11) is 0. The normalized spacial score (nSPS) is 17.4. The Morgan fingerprint density at radius 2 is 2.19 bits per heavy atom. The van der Waals surface area contributed by atoms with Gasteiger partial charge >= 0.3 is 0 Å². The lowest BCUT2D eigenvalue weighted by molar-refractivity contribution is 0.0715. The van der Waals surface area contributed by atoms with Gasteiger partial charge in [0.2, 0.25) is 0 Å². The minimum Gasteiger partial charge on any atom is -0.393 e. The smallest absolute Gasteiger partial charge is 0.263 e. The fourth-order valence-electron chi connectivity index (χ4n) is 1.92. The summed E-state index contributed by atoms with van der Waals surface area (Å²) in [6, 6.07) is 3.77. The molecule has 0 aromatic carbocycles. The summed E-state index contributed by atoms with van der Waals surface area (Å²) >= 11 is 6.47. The molecule has 0 aliphatic carbocycles. The van der Waals surface area contributed by atoms with E-state index in [0.717, 1.165) is 30.8 Å². The van der Waals surface area contributed by atoms with Gasteiger partial charge in [-0.15, -0.1) is 11.3 Å². The first kappa shape index (κ1) is 11.5. The molecule has 1 aliphatic rings. The molecular formula is C11H14N2OS2. The molecule has 3 nitrogen and oxygen atoms in total. The summed E-state index contributed by atoms with van der Waals surface area (Å²) in [4.78, 5) is 15.3. The number of nitrogens with two attached hydrogens (primary N) is 1. The van der Waals surface area contributed by atoms with Crippen LogP contribution in [0.2, 0.25) is 0 Å². The Balaban J connectivity index is 1.94. The second-order valence-corrected chi connectivity index (χ2v) is 5.37.